The van der Waals surface area contributed by atoms with Crippen LogP contribution < -0.4 is 10.6 Å². The molecule has 1 saturated heterocycles. The minimum atomic E-state index is -0.473. The molecule has 46 heavy (non-hydrogen) atoms. The van der Waals surface area contributed by atoms with Crippen LogP contribution in [0.5, 0.6) is 5.75 Å². The number of rotatable bonds is 14. The molecule has 1 heterocycles. The monoisotopic (exact) mass is 629 g/mol. The molecule has 0 spiro atoms. The third-order valence-corrected chi connectivity index (χ3v) is 8.14. The Balaban J connectivity index is 1.30. The van der Waals surface area contributed by atoms with Gasteiger partial charge in [0.25, 0.3) is 5.91 Å². The van der Waals surface area contributed by atoms with E-state index < -0.39 is 6.09 Å². The van der Waals surface area contributed by atoms with Gasteiger partial charge in [-0.2, -0.15) is 0 Å². The van der Waals surface area contributed by atoms with E-state index in [-0.39, 0.29) is 43.2 Å². The Morgan fingerprint density at radius 3 is 2.28 bits per heavy atom. The number of carbonyl (C=O) groups is 3. The number of hydrogen-bond acceptors (Lipinski definition) is 7. The maximum atomic E-state index is 13.7. The number of aromatic hydroxyl groups is 1. The number of likely N-dealkylation sites (tertiary alicyclic amines) is 1. The van der Waals surface area contributed by atoms with E-state index in [0.717, 1.165) is 36.0 Å². The van der Waals surface area contributed by atoms with Crippen LogP contribution in [0.15, 0.2) is 78.9 Å². The fourth-order valence-corrected chi connectivity index (χ4v) is 5.60. The quantitative estimate of drug-likeness (QED) is 0.156. The summed E-state index contributed by atoms with van der Waals surface area (Å²) < 4.78 is 5.78. The van der Waals surface area contributed by atoms with Crippen molar-refractivity contribution in [3.63, 3.8) is 0 Å². The van der Waals surface area contributed by atoms with Gasteiger partial charge >= 0.3 is 6.09 Å². The maximum absolute atomic E-state index is 13.7. The van der Waals surface area contributed by atoms with E-state index in [9.17, 15) is 19.5 Å². The zero-order valence-electron chi connectivity index (χ0n) is 27.0. The SMILES string of the molecule is CCCCCN(C(=O)CCN1CCC(OC(=O)Nc2ccccc2-c2ccccc2)CC1)N(Cc1ccc(O)cc1)C(=O)CNC. The lowest BCUT2D eigenvalue weighted by atomic mass is 10.0. The van der Waals surface area contributed by atoms with Crippen molar-refractivity contribution in [3.8, 4) is 16.9 Å². The lowest BCUT2D eigenvalue weighted by Crippen LogP contribution is -2.52. The Bertz CT molecular complexity index is 1390. The number of phenolic OH excluding ortho intramolecular Hbond substituents is 1. The third-order valence-electron chi connectivity index (χ3n) is 8.14. The van der Waals surface area contributed by atoms with E-state index >= 15 is 0 Å². The van der Waals surface area contributed by atoms with Crippen molar-refractivity contribution in [2.24, 2.45) is 0 Å². The number of ether oxygens (including phenoxy) is 1. The molecule has 0 aliphatic carbocycles. The van der Waals surface area contributed by atoms with Crippen molar-refractivity contribution in [2.45, 2.75) is 58.1 Å². The highest BCUT2D eigenvalue weighted by atomic mass is 16.6. The van der Waals surface area contributed by atoms with Crippen molar-refractivity contribution in [1.82, 2.24) is 20.2 Å². The first kappa shape index (κ1) is 34.5. The number of piperidine rings is 1. The van der Waals surface area contributed by atoms with Crippen LogP contribution in [-0.2, 0) is 20.9 Å². The summed E-state index contributed by atoms with van der Waals surface area (Å²) in [6, 6.07) is 24.3. The van der Waals surface area contributed by atoms with Gasteiger partial charge in [-0.1, -0.05) is 80.4 Å². The standard InChI is InChI=1S/C36H47N5O5/c1-3-4-10-22-40(41(35(44)26-37-2)27-28-15-17-30(42)18-16-28)34(43)21-25-39-23-19-31(20-24-39)46-36(45)38-33-14-9-8-13-32(33)29-11-6-5-7-12-29/h5-9,11-18,31,37,42H,3-4,10,19-27H2,1-2H3,(H,38,45). The second kappa shape index (κ2) is 17.9. The van der Waals surface area contributed by atoms with Crippen LogP contribution in [0.3, 0.4) is 0 Å². The van der Waals surface area contributed by atoms with Crippen LogP contribution in [-0.4, -0.2) is 83.8 Å². The Labute approximate surface area is 272 Å². The molecule has 0 aromatic heterocycles. The topological polar surface area (TPSA) is 114 Å². The molecule has 1 aliphatic rings. The number of nitrogens with zero attached hydrogens (tertiary/aromatic N) is 3. The Morgan fingerprint density at radius 2 is 1.59 bits per heavy atom. The molecule has 246 valence electrons. The number of hydrazine groups is 1. The van der Waals surface area contributed by atoms with Gasteiger partial charge in [-0.05, 0) is 55.6 Å². The number of nitrogens with one attached hydrogen (secondary N) is 2. The fraction of sp³-hybridized carbons (Fsp3) is 0.417. The van der Waals surface area contributed by atoms with Crippen molar-refractivity contribution in [2.75, 3.05) is 45.1 Å². The van der Waals surface area contributed by atoms with E-state index in [1.54, 1.807) is 36.3 Å². The Hall–Kier alpha value is -4.41. The molecule has 10 heteroatoms. The van der Waals surface area contributed by atoms with Gasteiger partial charge in [0.15, 0.2) is 0 Å². The van der Waals surface area contributed by atoms with Crippen LogP contribution in [0.2, 0.25) is 0 Å². The zero-order valence-corrected chi connectivity index (χ0v) is 27.0. The summed E-state index contributed by atoms with van der Waals surface area (Å²) in [4.78, 5) is 41.9. The third kappa shape index (κ3) is 10.3. The summed E-state index contributed by atoms with van der Waals surface area (Å²) in [5.41, 5.74) is 3.47. The van der Waals surface area contributed by atoms with Crippen molar-refractivity contribution in [1.29, 1.82) is 0 Å². The molecule has 10 nitrogen and oxygen atoms in total. The summed E-state index contributed by atoms with van der Waals surface area (Å²) in [5.74, 6) is -0.145. The van der Waals surface area contributed by atoms with Gasteiger partial charge in [-0.3, -0.25) is 19.9 Å². The molecule has 3 amide bonds. The highest BCUT2D eigenvalue weighted by molar-refractivity contribution is 5.91. The highest BCUT2D eigenvalue weighted by Crippen LogP contribution is 2.28. The predicted molar refractivity (Wildman–Crippen MR) is 180 cm³/mol. The Morgan fingerprint density at radius 1 is 0.891 bits per heavy atom. The van der Waals surface area contributed by atoms with E-state index in [1.807, 2.05) is 54.6 Å². The number of para-hydroxylation sites is 1. The number of hydrogen-bond donors (Lipinski definition) is 3. The lowest BCUT2D eigenvalue weighted by molar-refractivity contribution is -0.165. The molecule has 3 aromatic carbocycles. The molecule has 1 fully saturated rings. The molecular formula is C36H47N5O5. The zero-order chi connectivity index (χ0) is 32.7. The average Bonchev–Trinajstić information content (AvgIpc) is 3.07. The van der Waals surface area contributed by atoms with Gasteiger partial charge in [0, 0.05) is 38.2 Å². The lowest BCUT2D eigenvalue weighted by Gasteiger charge is -2.36. The van der Waals surface area contributed by atoms with Crippen LogP contribution >= 0.6 is 0 Å². The van der Waals surface area contributed by atoms with Gasteiger partial charge in [0.2, 0.25) is 5.91 Å². The molecule has 1 aliphatic heterocycles. The van der Waals surface area contributed by atoms with E-state index in [1.165, 1.54) is 5.01 Å². The molecule has 0 atom stereocenters. The molecule has 3 aromatic rings. The van der Waals surface area contributed by atoms with Gasteiger partial charge in [-0.25, -0.2) is 9.80 Å². The minimum absolute atomic E-state index is 0.103. The number of unbranched alkanes of at least 4 members (excludes halogenated alkanes) is 2. The molecular weight excluding hydrogens is 582 g/mol. The molecule has 0 saturated carbocycles. The maximum Gasteiger partial charge on any atom is 0.411 e. The van der Waals surface area contributed by atoms with Crippen molar-refractivity contribution < 1.29 is 24.2 Å². The minimum Gasteiger partial charge on any atom is -0.508 e. The van der Waals surface area contributed by atoms with Crippen LogP contribution in [0.25, 0.3) is 11.1 Å². The van der Waals surface area contributed by atoms with Crippen LogP contribution in [0.1, 0.15) is 51.0 Å². The second-order valence-corrected chi connectivity index (χ2v) is 11.6. The van der Waals surface area contributed by atoms with Gasteiger partial charge in [0.05, 0.1) is 18.8 Å². The normalized spacial score (nSPS) is 13.6. The van der Waals surface area contributed by atoms with Gasteiger partial charge < -0.3 is 20.1 Å². The van der Waals surface area contributed by atoms with Crippen molar-refractivity contribution >= 4 is 23.6 Å². The number of likely N-dealkylation sites (N-methyl/N-ethyl adjacent to an activating group) is 1. The summed E-state index contributed by atoms with van der Waals surface area (Å²) in [6.45, 7) is 4.87. The van der Waals surface area contributed by atoms with Gasteiger partial charge in [0.1, 0.15) is 11.9 Å². The molecule has 0 unspecified atom stereocenters. The van der Waals surface area contributed by atoms with Crippen LogP contribution in [0.4, 0.5) is 10.5 Å². The molecule has 3 N–H and O–H groups in total. The van der Waals surface area contributed by atoms with E-state index in [2.05, 4.69) is 22.5 Å². The second-order valence-electron chi connectivity index (χ2n) is 11.6. The highest BCUT2D eigenvalue weighted by Gasteiger charge is 2.28. The number of phenols is 1. The number of benzene rings is 3. The van der Waals surface area contributed by atoms with E-state index in [4.69, 9.17) is 4.74 Å². The molecule has 0 radical (unpaired) electrons. The summed E-state index contributed by atoms with van der Waals surface area (Å²) in [6.07, 6.45) is 3.69. The van der Waals surface area contributed by atoms with Gasteiger partial charge in [-0.15, -0.1) is 0 Å². The summed E-state index contributed by atoms with van der Waals surface area (Å²) in [5, 5.41) is 18.7. The smallest absolute Gasteiger partial charge is 0.411 e. The predicted octanol–water partition coefficient (Wildman–Crippen LogP) is 5.64. The number of anilines is 1. The van der Waals surface area contributed by atoms with Crippen LogP contribution in [0, 0.1) is 0 Å². The number of carbonyl (C=O) groups excluding carboxylic acids is 3. The first-order chi connectivity index (χ1) is 22.4. The molecule has 0 bridgehead atoms. The number of amides is 3. The van der Waals surface area contributed by atoms with E-state index in [0.29, 0.717) is 44.7 Å². The summed E-state index contributed by atoms with van der Waals surface area (Å²) >= 11 is 0. The summed E-state index contributed by atoms with van der Waals surface area (Å²) in [7, 11) is 1.71. The average molecular weight is 630 g/mol. The Kier molecular flexibility index (Phi) is 13.4. The van der Waals surface area contributed by atoms with Crippen molar-refractivity contribution in [3.05, 3.63) is 84.4 Å². The fourth-order valence-electron chi connectivity index (χ4n) is 5.60. The molecule has 4 rings (SSSR count). The first-order valence-electron chi connectivity index (χ1n) is 16.3. The largest absolute Gasteiger partial charge is 0.508 e. The first-order valence-corrected chi connectivity index (χ1v) is 16.3.